The summed E-state index contributed by atoms with van der Waals surface area (Å²) in [4.78, 5) is 0. The topological polar surface area (TPSA) is 246 Å². The zero-order valence-corrected chi connectivity index (χ0v) is 15.9. The largest absolute Gasteiger partial charge is 1.00 e. The molecule has 0 atom stereocenters. The van der Waals surface area contributed by atoms with E-state index in [9.17, 15) is 0 Å². The molecule has 12 nitrogen and oxygen atoms in total. The van der Waals surface area contributed by atoms with E-state index in [2.05, 4.69) is 0 Å². The summed E-state index contributed by atoms with van der Waals surface area (Å²) in [6, 6.07) is 0. The van der Waals surface area contributed by atoms with Crippen molar-refractivity contribution in [3.05, 3.63) is 0 Å². The Morgan fingerprint density at radius 1 is 0.526 bits per heavy atom. The first-order valence-corrected chi connectivity index (χ1v) is 3.08. The number of halogens is 1. The van der Waals surface area contributed by atoms with Gasteiger partial charge in [-0.2, -0.15) is 0 Å². The maximum absolute atomic E-state index is 8.64. The molecule has 0 aromatic heterocycles. The summed E-state index contributed by atoms with van der Waals surface area (Å²) >= 11 is 0. The van der Waals surface area contributed by atoms with Crippen LogP contribution in [0.5, 0.6) is 0 Å². The Hall–Kier alpha value is 2.71. The Morgan fingerprint density at radius 3 is 0.526 bits per heavy atom. The molecule has 0 aliphatic rings. The number of hydrogen-bond acceptors (Lipinski definition) is 12. The number of hydrogen-bond donors (Lipinski definition) is 11. The molecule has 0 fully saturated rings. The predicted octanol–water partition coefficient (Wildman–Crippen LogP) is -17.8. The van der Waals surface area contributed by atoms with Crippen molar-refractivity contribution >= 4 is 29.3 Å². The molecule has 19 heavy (non-hydrogen) atoms. The van der Waals surface area contributed by atoms with Crippen LogP contribution in [0.4, 0.5) is 0 Å². The van der Waals surface area contributed by atoms with E-state index in [0.29, 0.717) is 0 Å². The van der Waals surface area contributed by atoms with Crippen molar-refractivity contribution in [3.63, 3.8) is 0 Å². The molecular formula is H11B4ClKNaO12. The van der Waals surface area contributed by atoms with Gasteiger partial charge in [0, 0.05) is 0 Å². The normalized spacial score (nSPS) is 5.68. The fraction of sp³-hybridized carbons (Fsp3) is 0. The van der Waals surface area contributed by atoms with Gasteiger partial charge in [0.2, 0.25) is 0 Å². The molecule has 19 heteroatoms. The molecule has 0 aromatic rings. The summed E-state index contributed by atoms with van der Waals surface area (Å²) in [6.45, 7) is 0. The Kier molecular flexibility index (Phi) is 84.2. The van der Waals surface area contributed by atoms with Crippen LogP contribution in [0.2, 0.25) is 0 Å². The second-order valence-electron chi connectivity index (χ2n) is 1.37. The Balaban J connectivity index is -0.0000000192. The van der Waals surface area contributed by atoms with E-state index < -0.39 is 29.3 Å². The molecule has 0 amide bonds. The Bertz CT molecular complexity index is 72.7. The van der Waals surface area contributed by atoms with E-state index in [1.165, 1.54) is 0 Å². The second-order valence-corrected chi connectivity index (χ2v) is 1.37. The molecule has 0 bridgehead atoms. The zero-order chi connectivity index (χ0) is 14.3. The maximum Gasteiger partial charge on any atom is 1.00 e. The van der Waals surface area contributed by atoms with Gasteiger partial charge < -0.3 is 72.7 Å². The first-order chi connectivity index (χ1) is 6.93. The van der Waals surface area contributed by atoms with E-state index in [-0.39, 0.29) is 93.3 Å². The van der Waals surface area contributed by atoms with Crippen LogP contribution >= 0.6 is 0 Å². The Labute approximate surface area is 180 Å². The molecule has 104 valence electrons. The fourth-order valence-corrected chi connectivity index (χ4v) is 0. The van der Waals surface area contributed by atoms with E-state index in [0.717, 1.165) is 0 Å². The minimum Gasteiger partial charge on any atom is -1.00 e. The van der Waals surface area contributed by atoms with Crippen molar-refractivity contribution in [2.75, 3.05) is 0 Å². The molecule has 0 radical (unpaired) electrons. The van der Waals surface area contributed by atoms with Gasteiger partial charge in [0.15, 0.2) is 0 Å². The van der Waals surface area contributed by atoms with E-state index in [1.54, 1.807) is 0 Å². The van der Waals surface area contributed by atoms with Crippen LogP contribution in [-0.4, -0.2) is 84.5 Å². The SMILES string of the molecule is OB(O)O.OB(O)O.OB(O)O.[Cl-].[K+].[Na+].[O-]B(O)O. The predicted molar refractivity (Wildman–Crippen MR) is 47.4 cm³/mol. The molecule has 11 N–H and O–H groups in total. The van der Waals surface area contributed by atoms with Gasteiger partial charge in [-0.15, -0.1) is 0 Å². The molecule has 0 heterocycles. The van der Waals surface area contributed by atoms with Gasteiger partial charge in [-0.25, -0.2) is 0 Å². The third-order valence-electron chi connectivity index (χ3n) is 0. The molecule has 0 saturated heterocycles. The van der Waals surface area contributed by atoms with Crippen molar-refractivity contribution in [1.82, 2.24) is 0 Å². The van der Waals surface area contributed by atoms with E-state index >= 15 is 0 Å². The zero-order valence-electron chi connectivity index (χ0n) is 10.0. The van der Waals surface area contributed by atoms with Gasteiger partial charge in [-0.05, 0) is 0 Å². The standard InChI is InChI=1S/3BH3O3.BH2O3.ClH.K.Na/c4*2-1(3)4;;;/h3*2-4H;2-3H;1H;;/q;;;-1;;2*+1/p-1. The summed E-state index contributed by atoms with van der Waals surface area (Å²) in [6.07, 6.45) is 0. The first kappa shape index (κ1) is 43.0. The molecule has 0 aromatic carbocycles. The Morgan fingerprint density at radius 2 is 0.526 bits per heavy atom. The summed E-state index contributed by atoms with van der Waals surface area (Å²) in [5.74, 6) is 0. The summed E-state index contributed by atoms with van der Waals surface area (Å²) in [5, 5.41) is 87.2. The van der Waals surface area contributed by atoms with Crippen molar-refractivity contribution in [2.45, 2.75) is 0 Å². The average Bonchev–Trinajstić information content (AvgIpc) is 1.76. The van der Waals surface area contributed by atoms with Crippen LogP contribution in [0.15, 0.2) is 0 Å². The van der Waals surface area contributed by atoms with Gasteiger partial charge in [0.1, 0.15) is 0 Å². The molecule has 0 saturated carbocycles. The van der Waals surface area contributed by atoms with Crippen LogP contribution < -0.4 is 98.4 Å². The van der Waals surface area contributed by atoms with Gasteiger partial charge >= 0.3 is 110 Å². The maximum atomic E-state index is 8.64. The smallest absolute Gasteiger partial charge is 1.00 e. The van der Waals surface area contributed by atoms with Gasteiger partial charge in [0.25, 0.3) is 0 Å². The minimum atomic E-state index is -2.42. The third-order valence-corrected chi connectivity index (χ3v) is 0. The summed E-state index contributed by atoms with van der Waals surface area (Å²) in [5.41, 5.74) is 0. The molecule has 0 aliphatic heterocycles. The second kappa shape index (κ2) is 37.2. The minimum absolute atomic E-state index is 0. The summed E-state index contributed by atoms with van der Waals surface area (Å²) in [7, 11) is -8.92. The van der Waals surface area contributed by atoms with Crippen molar-refractivity contribution in [3.8, 4) is 0 Å². The fourth-order valence-electron chi connectivity index (χ4n) is 0. The molecule has 0 unspecified atom stereocenters. The molecule has 0 spiro atoms. The van der Waals surface area contributed by atoms with Crippen molar-refractivity contribution in [2.24, 2.45) is 0 Å². The van der Waals surface area contributed by atoms with Gasteiger partial charge in [-0.3, -0.25) is 0 Å². The van der Waals surface area contributed by atoms with Gasteiger partial charge in [0.05, 0.1) is 0 Å². The summed E-state index contributed by atoms with van der Waals surface area (Å²) < 4.78 is 0. The van der Waals surface area contributed by atoms with Crippen LogP contribution in [0.1, 0.15) is 0 Å². The first-order valence-electron chi connectivity index (χ1n) is 3.08. The van der Waals surface area contributed by atoms with Crippen molar-refractivity contribution < 1.29 is 154 Å². The number of rotatable bonds is 0. The van der Waals surface area contributed by atoms with Crippen LogP contribution in [-0.2, 0) is 0 Å². The molecule has 0 aliphatic carbocycles. The van der Waals surface area contributed by atoms with E-state index in [1.807, 2.05) is 0 Å². The van der Waals surface area contributed by atoms with Crippen LogP contribution in [0, 0.1) is 0 Å². The molecular weight excluding hydrogens is 333 g/mol. The molecule has 0 rings (SSSR count). The van der Waals surface area contributed by atoms with Crippen molar-refractivity contribution in [1.29, 1.82) is 0 Å². The van der Waals surface area contributed by atoms with Crippen LogP contribution in [0.3, 0.4) is 0 Å². The average molecular weight is 344 g/mol. The monoisotopic (exact) mass is 344 g/mol. The van der Waals surface area contributed by atoms with Gasteiger partial charge in [-0.1, -0.05) is 0 Å². The quantitative estimate of drug-likeness (QED) is 0.183. The third kappa shape index (κ3) is 989. The van der Waals surface area contributed by atoms with E-state index in [4.69, 9.17) is 60.3 Å². The van der Waals surface area contributed by atoms with Crippen LogP contribution in [0.25, 0.3) is 0 Å².